The third-order valence-electron chi connectivity index (χ3n) is 4.86. The molecule has 0 unspecified atom stereocenters. The smallest absolute Gasteiger partial charge is 0.259 e. The molecule has 0 aliphatic carbocycles. The van der Waals surface area contributed by atoms with E-state index in [0.717, 1.165) is 18.5 Å². The highest BCUT2D eigenvalue weighted by atomic mass is 19.1. The number of hydrogen-bond acceptors (Lipinski definition) is 2. The summed E-state index contributed by atoms with van der Waals surface area (Å²) in [6.45, 7) is 2.68. The topological polar surface area (TPSA) is 42.3 Å². The Morgan fingerprint density at radius 2 is 1.81 bits per heavy atom. The lowest BCUT2D eigenvalue weighted by Gasteiger charge is -2.30. The zero-order chi connectivity index (χ0) is 19.0. The van der Waals surface area contributed by atoms with E-state index in [-0.39, 0.29) is 17.3 Å². The second-order valence-electron chi connectivity index (χ2n) is 6.79. The quantitative estimate of drug-likeness (QED) is 0.694. The number of aromatic nitrogens is 1. The van der Waals surface area contributed by atoms with Gasteiger partial charge in [0.2, 0.25) is 0 Å². The van der Waals surface area contributed by atoms with Crippen LogP contribution in [0.4, 0.5) is 10.1 Å². The van der Waals surface area contributed by atoms with Crippen molar-refractivity contribution in [3.8, 4) is 5.69 Å². The molecule has 0 bridgehead atoms. The molecule has 2 heterocycles. The van der Waals surface area contributed by atoms with Crippen molar-refractivity contribution < 1.29 is 9.18 Å². The maximum atomic E-state index is 13.2. The molecular formula is C22H19FN2O2. The number of halogens is 1. The van der Waals surface area contributed by atoms with E-state index < -0.39 is 0 Å². The van der Waals surface area contributed by atoms with Crippen LogP contribution in [0.3, 0.4) is 0 Å². The maximum absolute atomic E-state index is 13.2. The van der Waals surface area contributed by atoms with E-state index in [9.17, 15) is 14.0 Å². The van der Waals surface area contributed by atoms with Gasteiger partial charge in [0.15, 0.2) is 0 Å². The summed E-state index contributed by atoms with van der Waals surface area (Å²) in [7, 11) is 0. The Kier molecular flexibility index (Phi) is 4.36. The molecule has 3 aromatic rings. The molecule has 4 rings (SSSR count). The van der Waals surface area contributed by atoms with Crippen LogP contribution < -0.4 is 10.5 Å². The minimum absolute atomic E-state index is 0.143. The Morgan fingerprint density at radius 1 is 1.04 bits per heavy atom. The summed E-state index contributed by atoms with van der Waals surface area (Å²) in [6, 6.07) is 14.6. The average Bonchev–Trinajstić information content (AvgIpc) is 2.68. The van der Waals surface area contributed by atoms with Crippen molar-refractivity contribution in [3.05, 3.63) is 93.7 Å². The fourth-order valence-corrected chi connectivity index (χ4v) is 3.51. The van der Waals surface area contributed by atoms with E-state index in [1.165, 1.54) is 52.2 Å². The van der Waals surface area contributed by atoms with Gasteiger partial charge in [-0.3, -0.25) is 14.2 Å². The lowest BCUT2D eigenvalue weighted by atomic mass is 9.99. The van der Waals surface area contributed by atoms with Gasteiger partial charge in [0.1, 0.15) is 5.82 Å². The van der Waals surface area contributed by atoms with E-state index in [2.05, 4.69) is 6.07 Å². The van der Waals surface area contributed by atoms with Gasteiger partial charge in [0.25, 0.3) is 11.5 Å². The van der Waals surface area contributed by atoms with Gasteiger partial charge < -0.3 is 4.90 Å². The molecule has 4 nitrogen and oxygen atoms in total. The van der Waals surface area contributed by atoms with Gasteiger partial charge in [-0.2, -0.15) is 0 Å². The van der Waals surface area contributed by atoms with Gasteiger partial charge in [-0.25, -0.2) is 4.39 Å². The number of fused-ring (bicyclic) bond motifs is 1. The molecule has 0 fully saturated rings. The van der Waals surface area contributed by atoms with Crippen LogP contribution in [0.15, 0.2) is 65.6 Å². The zero-order valence-electron chi connectivity index (χ0n) is 15.0. The molecule has 1 aromatic heterocycles. The first-order chi connectivity index (χ1) is 13.0. The first kappa shape index (κ1) is 17.2. The second kappa shape index (κ2) is 6.83. The third kappa shape index (κ3) is 3.28. The van der Waals surface area contributed by atoms with Crippen molar-refractivity contribution >= 4 is 11.6 Å². The number of carbonyl (C=O) groups is 1. The van der Waals surface area contributed by atoms with Crippen LogP contribution in [-0.4, -0.2) is 17.0 Å². The summed E-state index contributed by atoms with van der Waals surface area (Å²) in [5, 5.41) is 0. The van der Waals surface area contributed by atoms with Crippen molar-refractivity contribution in [3.63, 3.8) is 0 Å². The Bertz CT molecular complexity index is 1070. The summed E-state index contributed by atoms with van der Waals surface area (Å²) in [5.74, 6) is -0.519. The molecule has 5 heteroatoms. The predicted molar refractivity (Wildman–Crippen MR) is 103 cm³/mol. The number of benzene rings is 2. The minimum atomic E-state index is -0.376. The number of hydrogen-bond donors (Lipinski definition) is 0. The highest BCUT2D eigenvalue weighted by Gasteiger charge is 2.24. The van der Waals surface area contributed by atoms with Crippen molar-refractivity contribution in [2.24, 2.45) is 0 Å². The number of nitrogens with zero attached hydrogens (tertiary/aromatic N) is 2. The number of carbonyl (C=O) groups excluding carboxylic acids is 1. The SMILES string of the molecule is Cc1ccc2c(c1)CCCN2C(=O)c1ccc(=O)n(-c2ccc(F)cc2)c1. The Balaban J connectivity index is 1.73. The lowest BCUT2D eigenvalue weighted by Crippen LogP contribution is -2.36. The van der Waals surface area contributed by atoms with Crippen molar-refractivity contribution in [2.75, 3.05) is 11.4 Å². The summed E-state index contributed by atoms with van der Waals surface area (Å²) in [6.07, 6.45) is 3.38. The normalized spacial score (nSPS) is 13.3. The molecule has 1 aliphatic rings. The van der Waals surface area contributed by atoms with Crippen molar-refractivity contribution in [1.82, 2.24) is 4.57 Å². The molecule has 0 saturated heterocycles. The number of rotatable bonds is 2. The number of anilines is 1. The van der Waals surface area contributed by atoms with Crippen molar-refractivity contribution in [2.45, 2.75) is 19.8 Å². The van der Waals surface area contributed by atoms with E-state index in [1.807, 2.05) is 19.1 Å². The second-order valence-corrected chi connectivity index (χ2v) is 6.79. The van der Waals surface area contributed by atoms with Crippen LogP contribution in [0.1, 0.15) is 27.9 Å². The van der Waals surface area contributed by atoms with Gasteiger partial charge in [0.05, 0.1) is 5.56 Å². The molecule has 0 N–H and O–H groups in total. The zero-order valence-corrected chi connectivity index (χ0v) is 15.0. The molecule has 2 aromatic carbocycles. The van der Waals surface area contributed by atoms with Gasteiger partial charge in [-0.15, -0.1) is 0 Å². The number of aryl methyl sites for hydroxylation is 2. The Morgan fingerprint density at radius 3 is 2.59 bits per heavy atom. The minimum Gasteiger partial charge on any atom is -0.308 e. The van der Waals surface area contributed by atoms with Gasteiger partial charge in [0, 0.05) is 30.2 Å². The predicted octanol–water partition coefficient (Wildman–Crippen LogP) is 3.88. The van der Waals surface area contributed by atoms with Crippen LogP contribution in [-0.2, 0) is 6.42 Å². The Hall–Kier alpha value is -3.21. The van der Waals surface area contributed by atoms with Crippen LogP contribution in [0.25, 0.3) is 5.69 Å². The largest absolute Gasteiger partial charge is 0.308 e. The summed E-state index contributed by atoms with van der Waals surface area (Å²) < 4.78 is 14.5. The fourth-order valence-electron chi connectivity index (χ4n) is 3.51. The number of amides is 1. The highest BCUT2D eigenvalue weighted by Crippen LogP contribution is 2.29. The van der Waals surface area contributed by atoms with E-state index in [0.29, 0.717) is 17.8 Å². The fraction of sp³-hybridized carbons (Fsp3) is 0.182. The molecule has 27 heavy (non-hydrogen) atoms. The molecule has 1 aliphatic heterocycles. The van der Waals surface area contributed by atoms with Crippen LogP contribution >= 0.6 is 0 Å². The molecule has 136 valence electrons. The first-order valence-electron chi connectivity index (χ1n) is 8.93. The molecular weight excluding hydrogens is 343 g/mol. The van der Waals surface area contributed by atoms with Gasteiger partial charge in [-0.1, -0.05) is 17.7 Å². The van der Waals surface area contributed by atoms with E-state index in [4.69, 9.17) is 0 Å². The highest BCUT2D eigenvalue weighted by molar-refractivity contribution is 6.06. The van der Waals surface area contributed by atoms with Crippen LogP contribution in [0.2, 0.25) is 0 Å². The first-order valence-corrected chi connectivity index (χ1v) is 8.93. The maximum Gasteiger partial charge on any atom is 0.259 e. The van der Waals surface area contributed by atoms with Crippen LogP contribution in [0.5, 0.6) is 0 Å². The van der Waals surface area contributed by atoms with Crippen LogP contribution in [0, 0.1) is 12.7 Å². The third-order valence-corrected chi connectivity index (χ3v) is 4.86. The molecule has 0 radical (unpaired) electrons. The van der Waals surface area contributed by atoms with E-state index in [1.54, 1.807) is 11.0 Å². The van der Waals surface area contributed by atoms with Crippen molar-refractivity contribution in [1.29, 1.82) is 0 Å². The number of pyridine rings is 1. The van der Waals surface area contributed by atoms with Gasteiger partial charge in [-0.05, 0) is 61.7 Å². The lowest BCUT2D eigenvalue weighted by molar-refractivity contribution is 0.0984. The molecule has 0 saturated carbocycles. The summed E-state index contributed by atoms with van der Waals surface area (Å²) in [4.78, 5) is 27.2. The molecule has 0 atom stereocenters. The van der Waals surface area contributed by atoms with E-state index >= 15 is 0 Å². The standard InChI is InChI=1S/C22H19FN2O2/c1-15-4-10-20-16(13-15)3-2-12-24(20)22(27)17-5-11-21(26)25(14-17)19-8-6-18(23)7-9-19/h4-11,13-14H,2-3,12H2,1H3. The average molecular weight is 362 g/mol. The monoisotopic (exact) mass is 362 g/mol. The summed E-state index contributed by atoms with van der Waals surface area (Å²) >= 11 is 0. The van der Waals surface area contributed by atoms with Gasteiger partial charge >= 0.3 is 0 Å². The summed E-state index contributed by atoms with van der Waals surface area (Å²) in [5.41, 5.74) is 3.94. The Labute approximate surface area is 156 Å². The molecule has 1 amide bonds. The molecule has 0 spiro atoms.